The smallest absolute Gasteiger partial charge is 0.265 e. The highest BCUT2D eigenvalue weighted by Gasteiger charge is 2.20. The van der Waals surface area contributed by atoms with Crippen LogP contribution in [0.25, 0.3) is 0 Å². The fourth-order valence-corrected chi connectivity index (χ4v) is 3.86. The summed E-state index contributed by atoms with van der Waals surface area (Å²) >= 11 is 6.65. The number of hydrogen-bond acceptors (Lipinski definition) is 3. The molecule has 7 heteroatoms. The van der Waals surface area contributed by atoms with Gasteiger partial charge in [0.2, 0.25) is 0 Å². The van der Waals surface area contributed by atoms with Crippen LogP contribution in [0.5, 0.6) is 5.75 Å². The van der Waals surface area contributed by atoms with Gasteiger partial charge in [0.1, 0.15) is 10.6 Å². The number of ether oxygens (including phenoxy) is 1. The van der Waals surface area contributed by atoms with Crippen molar-refractivity contribution in [1.29, 1.82) is 0 Å². The number of benzene rings is 2. The zero-order valence-corrected chi connectivity index (χ0v) is 15.3. The van der Waals surface area contributed by atoms with Gasteiger partial charge in [0.25, 0.3) is 10.0 Å². The van der Waals surface area contributed by atoms with Gasteiger partial charge in [-0.1, -0.05) is 37.9 Å². The molecule has 1 N–H and O–H groups in total. The number of halogens is 2. The van der Waals surface area contributed by atoms with Crippen molar-refractivity contribution in [3.63, 3.8) is 0 Å². The minimum Gasteiger partial charge on any atom is -0.495 e. The van der Waals surface area contributed by atoms with E-state index < -0.39 is 10.0 Å². The molecule has 0 fully saturated rings. The van der Waals surface area contributed by atoms with Crippen molar-refractivity contribution >= 4 is 47.6 Å². The molecule has 0 amide bonds. The standard InChI is InChI=1S/C14H13Br2NO3S/c1-9-3-5-11(8-12(9)16)17-21(18,19)14-7-10(15)4-6-13(14)20-2/h3-8,17H,1-2H3. The third-order valence-corrected chi connectivity index (χ3v) is 5.59. The van der Waals surface area contributed by atoms with Crippen LogP contribution in [0.4, 0.5) is 5.69 Å². The molecule has 0 aliphatic carbocycles. The first-order valence-corrected chi connectivity index (χ1v) is 9.03. The maximum Gasteiger partial charge on any atom is 0.265 e. The Morgan fingerprint density at radius 3 is 2.43 bits per heavy atom. The first-order chi connectivity index (χ1) is 9.83. The van der Waals surface area contributed by atoms with Crippen LogP contribution in [0.1, 0.15) is 5.56 Å². The summed E-state index contributed by atoms with van der Waals surface area (Å²) in [6, 6.07) is 10.1. The molecule has 0 heterocycles. The van der Waals surface area contributed by atoms with Crippen LogP contribution in [0.2, 0.25) is 0 Å². The quantitative estimate of drug-likeness (QED) is 0.778. The highest BCUT2D eigenvalue weighted by Crippen LogP contribution is 2.29. The molecule has 0 spiro atoms. The Hall–Kier alpha value is -1.05. The number of nitrogens with one attached hydrogen (secondary N) is 1. The summed E-state index contributed by atoms with van der Waals surface area (Å²) in [5.74, 6) is 0.289. The van der Waals surface area contributed by atoms with E-state index in [4.69, 9.17) is 4.74 Å². The molecule has 2 aromatic carbocycles. The van der Waals surface area contributed by atoms with Gasteiger partial charge in [0, 0.05) is 14.6 Å². The Kier molecular flexibility index (Phi) is 4.95. The fraction of sp³-hybridized carbons (Fsp3) is 0.143. The molecule has 4 nitrogen and oxygen atoms in total. The molecule has 0 atom stereocenters. The molecule has 0 aliphatic heterocycles. The van der Waals surface area contributed by atoms with Gasteiger partial charge < -0.3 is 4.74 Å². The van der Waals surface area contributed by atoms with E-state index in [1.54, 1.807) is 24.3 Å². The summed E-state index contributed by atoms with van der Waals surface area (Å²) in [5.41, 5.74) is 1.51. The second-order valence-electron chi connectivity index (χ2n) is 4.36. The van der Waals surface area contributed by atoms with Crippen LogP contribution in [0.15, 0.2) is 50.2 Å². The van der Waals surface area contributed by atoms with Crippen LogP contribution in [-0.4, -0.2) is 15.5 Å². The normalized spacial score (nSPS) is 11.2. The lowest BCUT2D eigenvalue weighted by Crippen LogP contribution is -2.14. The van der Waals surface area contributed by atoms with Crippen LogP contribution < -0.4 is 9.46 Å². The molecule has 0 aromatic heterocycles. The van der Waals surface area contributed by atoms with Gasteiger partial charge in [-0.05, 0) is 42.8 Å². The number of sulfonamides is 1. The summed E-state index contributed by atoms with van der Waals surface area (Å²) in [4.78, 5) is 0.0797. The minimum absolute atomic E-state index is 0.0797. The van der Waals surface area contributed by atoms with E-state index >= 15 is 0 Å². The van der Waals surface area contributed by atoms with Crippen molar-refractivity contribution in [2.45, 2.75) is 11.8 Å². The fourth-order valence-electron chi connectivity index (χ4n) is 1.73. The SMILES string of the molecule is COc1ccc(Br)cc1S(=O)(=O)Nc1ccc(C)c(Br)c1. The van der Waals surface area contributed by atoms with Crippen LogP contribution in [0, 0.1) is 6.92 Å². The van der Waals surface area contributed by atoms with E-state index in [0.29, 0.717) is 10.2 Å². The predicted molar refractivity (Wildman–Crippen MR) is 90.4 cm³/mol. The molecule has 0 unspecified atom stereocenters. The van der Waals surface area contributed by atoms with Crippen LogP contribution >= 0.6 is 31.9 Å². The maximum absolute atomic E-state index is 12.5. The first-order valence-electron chi connectivity index (χ1n) is 5.96. The molecule has 0 saturated heterocycles. The van der Waals surface area contributed by atoms with Gasteiger partial charge in [-0.3, -0.25) is 4.72 Å². The van der Waals surface area contributed by atoms with E-state index in [-0.39, 0.29) is 10.6 Å². The van der Waals surface area contributed by atoms with Gasteiger partial charge in [-0.25, -0.2) is 8.42 Å². The molecule has 2 aromatic rings. The van der Waals surface area contributed by atoms with Gasteiger partial charge in [0.15, 0.2) is 0 Å². The zero-order valence-electron chi connectivity index (χ0n) is 11.4. The van der Waals surface area contributed by atoms with E-state index in [1.807, 2.05) is 13.0 Å². The molecule has 0 bridgehead atoms. The van der Waals surface area contributed by atoms with Crippen molar-refractivity contribution < 1.29 is 13.2 Å². The molecular formula is C14H13Br2NO3S. The number of hydrogen-bond donors (Lipinski definition) is 1. The highest BCUT2D eigenvalue weighted by molar-refractivity contribution is 9.10. The highest BCUT2D eigenvalue weighted by atomic mass is 79.9. The summed E-state index contributed by atoms with van der Waals surface area (Å²) in [5, 5.41) is 0. The lowest BCUT2D eigenvalue weighted by Gasteiger charge is -2.12. The third-order valence-electron chi connectivity index (χ3n) is 2.84. The van der Waals surface area contributed by atoms with Crippen molar-refractivity contribution in [3.8, 4) is 5.75 Å². The Morgan fingerprint density at radius 2 is 1.81 bits per heavy atom. The summed E-state index contributed by atoms with van der Waals surface area (Å²) in [6.45, 7) is 1.93. The predicted octanol–water partition coefficient (Wildman–Crippen LogP) is 4.33. The van der Waals surface area contributed by atoms with Crippen molar-refractivity contribution in [1.82, 2.24) is 0 Å². The third kappa shape index (κ3) is 3.78. The van der Waals surface area contributed by atoms with Gasteiger partial charge in [0.05, 0.1) is 7.11 Å². The number of rotatable bonds is 4. The van der Waals surface area contributed by atoms with E-state index in [0.717, 1.165) is 10.0 Å². The van der Waals surface area contributed by atoms with Crippen molar-refractivity contribution in [2.24, 2.45) is 0 Å². The van der Waals surface area contributed by atoms with Gasteiger partial charge >= 0.3 is 0 Å². The van der Waals surface area contributed by atoms with E-state index in [2.05, 4.69) is 36.6 Å². The van der Waals surface area contributed by atoms with Crippen molar-refractivity contribution in [2.75, 3.05) is 11.8 Å². The topological polar surface area (TPSA) is 55.4 Å². The molecule has 112 valence electrons. The van der Waals surface area contributed by atoms with E-state index in [1.165, 1.54) is 13.2 Å². The van der Waals surface area contributed by atoms with Gasteiger partial charge in [-0.15, -0.1) is 0 Å². The monoisotopic (exact) mass is 433 g/mol. The Morgan fingerprint density at radius 1 is 1.10 bits per heavy atom. The van der Waals surface area contributed by atoms with Gasteiger partial charge in [-0.2, -0.15) is 0 Å². The summed E-state index contributed by atoms with van der Waals surface area (Å²) in [7, 11) is -2.30. The largest absolute Gasteiger partial charge is 0.495 e. The average molecular weight is 435 g/mol. The lowest BCUT2D eigenvalue weighted by molar-refractivity contribution is 0.403. The number of aryl methyl sites for hydroxylation is 1. The zero-order chi connectivity index (χ0) is 15.6. The summed E-state index contributed by atoms with van der Waals surface area (Å²) < 4.78 is 34.2. The minimum atomic E-state index is -3.73. The second-order valence-corrected chi connectivity index (χ2v) is 7.79. The Balaban J connectivity index is 2.42. The maximum atomic E-state index is 12.5. The molecule has 2 rings (SSSR count). The second kappa shape index (κ2) is 6.37. The van der Waals surface area contributed by atoms with E-state index in [9.17, 15) is 8.42 Å². The molecule has 0 radical (unpaired) electrons. The molecule has 0 saturated carbocycles. The molecular weight excluding hydrogens is 422 g/mol. The number of anilines is 1. The van der Waals surface area contributed by atoms with Crippen molar-refractivity contribution in [3.05, 3.63) is 50.9 Å². The van der Waals surface area contributed by atoms with Crippen LogP contribution in [-0.2, 0) is 10.0 Å². The lowest BCUT2D eigenvalue weighted by atomic mass is 10.2. The number of methoxy groups -OCH3 is 1. The molecule has 21 heavy (non-hydrogen) atoms. The molecule has 0 aliphatic rings. The Bertz CT molecular complexity index is 776. The summed E-state index contributed by atoms with van der Waals surface area (Å²) in [6.07, 6.45) is 0. The first kappa shape index (κ1) is 16.3. The Labute approximate surface area is 140 Å². The van der Waals surface area contributed by atoms with Crippen LogP contribution in [0.3, 0.4) is 0 Å². The average Bonchev–Trinajstić information content (AvgIpc) is 2.42.